The van der Waals surface area contributed by atoms with Crippen molar-refractivity contribution < 1.29 is 24.2 Å². The molecule has 2 aliphatic heterocycles. The number of aliphatic hydroxyl groups is 1. The maximum absolute atomic E-state index is 12.3. The largest absolute Gasteiger partial charge is 0.450 e. The zero-order valence-corrected chi connectivity index (χ0v) is 12.1. The second kappa shape index (κ2) is 5.94. The van der Waals surface area contributed by atoms with E-state index in [0.717, 1.165) is 5.56 Å². The molecule has 2 fully saturated rings. The van der Waals surface area contributed by atoms with E-state index in [4.69, 9.17) is 9.47 Å². The predicted octanol–water partition coefficient (Wildman–Crippen LogP) is 0.402. The van der Waals surface area contributed by atoms with Crippen LogP contribution in [-0.4, -0.2) is 53.4 Å². The number of ether oxygens (including phenoxy) is 2. The fourth-order valence-corrected chi connectivity index (χ4v) is 2.96. The third-order valence-corrected chi connectivity index (χ3v) is 3.94. The smallest absolute Gasteiger partial charge is 0.407 e. The van der Waals surface area contributed by atoms with E-state index in [2.05, 4.69) is 5.32 Å². The Morgan fingerprint density at radius 3 is 2.86 bits per heavy atom. The molecule has 2 N–H and O–H groups in total. The van der Waals surface area contributed by atoms with E-state index in [1.165, 1.54) is 4.90 Å². The fourth-order valence-electron chi connectivity index (χ4n) is 2.96. The molecule has 7 nitrogen and oxygen atoms in total. The van der Waals surface area contributed by atoms with Gasteiger partial charge in [0.25, 0.3) is 5.91 Å². The summed E-state index contributed by atoms with van der Waals surface area (Å²) < 4.78 is 10.5. The number of aliphatic hydroxyl groups excluding tert-OH is 1. The molecule has 7 heteroatoms. The van der Waals surface area contributed by atoms with Gasteiger partial charge >= 0.3 is 6.09 Å². The van der Waals surface area contributed by atoms with Gasteiger partial charge in [-0.3, -0.25) is 4.79 Å². The molecule has 0 spiro atoms. The van der Waals surface area contributed by atoms with E-state index < -0.39 is 36.4 Å². The Labute approximate surface area is 127 Å². The molecule has 0 unspecified atom stereocenters. The first-order valence-corrected chi connectivity index (χ1v) is 7.23. The summed E-state index contributed by atoms with van der Waals surface area (Å²) in [6.45, 7) is 2.16. The molecule has 1 aromatic carbocycles. The maximum atomic E-state index is 12.3. The number of alkyl carbamates (subject to hydrolysis) is 1. The standard InChI is InChI=1S/C15H18N2O5/c1-2-21-15(20)16-11-10-8-22-14(9-6-4-3-5-7-9)17(10)13(19)12(11)18/h3-7,10-12,14,18H,2,8H2,1H3,(H,16,20)/t10-,11-,12-,14-/m1/s1. The Bertz CT molecular complexity index is 564. The summed E-state index contributed by atoms with van der Waals surface area (Å²) in [5.74, 6) is -0.446. The summed E-state index contributed by atoms with van der Waals surface area (Å²) in [5, 5.41) is 12.7. The van der Waals surface area contributed by atoms with Crippen LogP contribution in [0, 0.1) is 0 Å². The van der Waals surface area contributed by atoms with Gasteiger partial charge in [-0.2, -0.15) is 0 Å². The van der Waals surface area contributed by atoms with Crippen LogP contribution in [0.4, 0.5) is 4.79 Å². The highest BCUT2D eigenvalue weighted by Crippen LogP contribution is 2.37. The van der Waals surface area contributed by atoms with Crippen molar-refractivity contribution in [3.8, 4) is 0 Å². The summed E-state index contributed by atoms with van der Waals surface area (Å²) >= 11 is 0. The Kier molecular flexibility index (Phi) is 4.00. The molecule has 3 rings (SSSR count). The molecular weight excluding hydrogens is 288 g/mol. The van der Waals surface area contributed by atoms with Gasteiger partial charge in [-0.25, -0.2) is 4.79 Å². The average Bonchev–Trinajstić information content (AvgIpc) is 3.05. The van der Waals surface area contributed by atoms with Gasteiger partial charge in [0.05, 0.1) is 25.3 Å². The molecule has 0 aromatic heterocycles. The number of nitrogens with zero attached hydrogens (tertiary/aromatic N) is 1. The highest BCUT2D eigenvalue weighted by Gasteiger charge is 2.54. The van der Waals surface area contributed by atoms with Gasteiger partial charge in [-0.1, -0.05) is 30.3 Å². The van der Waals surface area contributed by atoms with Crippen molar-refractivity contribution in [2.24, 2.45) is 0 Å². The minimum Gasteiger partial charge on any atom is -0.450 e. The predicted molar refractivity (Wildman–Crippen MR) is 75.7 cm³/mol. The Hall–Kier alpha value is -2.12. The summed E-state index contributed by atoms with van der Waals surface area (Å²) in [7, 11) is 0. The van der Waals surface area contributed by atoms with Crippen molar-refractivity contribution in [3.63, 3.8) is 0 Å². The van der Waals surface area contributed by atoms with Crippen LogP contribution in [-0.2, 0) is 14.3 Å². The third-order valence-electron chi connectivity index (χ3n) is 3.94. The molecule has 2 heterocycles. The van der Waals surface area contributed by atoms with Gasteiger partial charge in [0, 0.05) is 5.56 Å². The summed E-state index contributed by atoms with van der Waals surface area (Å²) in [4.78, 5) is 25.4. The first kappa shape index (κ1) is 14.8. The minimum atomic E-state index is -1.29. The zero-order valence-electron chi connectivity index (χ0n) is 12.1. The van der Waals surface area contributed by atoms with Crippen LogP contribution in [0.2, 0.25) is 0 Å². The minimum absolute atomic E-state index is 0.222. The number of carbonyl (C=O) groups is 2. The lowest BCUT2D eigenvalue weighted by Crippen LogP contribution is -2.48. The van der Waals surface area contributed by atoms with Gasteiger partial charge < -0.3 is 24.8 Å². The number of rotatable bonds is 3. The molecule has 0 bridgehead atoms. The lowest BCUT2D eigenvalue weighted by Gasteiger charge is -2.23. The van der Waals surface area contributed by atoms with Crippen LogP contribution >= 0.6 is 0 Å². The first-order valence-electron chi connectivity index (χ1n) is 7.23. The second-order valence-electron chi connectivity index (χ2n) is 5.24. The number of amides is 2. The van der Waals surface area contributed by atoms with Crippen molar-refractivity contribution in [1.29, 1.82) is 0 Å². The van der Waals surface area contributed by atoms with E-state index in [-0.39, 0.29) is 13.2 Å². The number of carbonyl (C=O) groups excluding carboxylic acids is 2. The fraction of sp³-hybridized carbons (Fsp3) is 0.467. The Morgan fingerprint density at radius 1 is 1.45 bits per heavy atom. The molecule has 2 amide bonds. The van der Waals surface area contributed by atoms with E-state index >= 15 is 0 Å². The van der Waals surface area contributed by atoms with E-state index in [0.29, 0.717) is 0 Å². The van der Waals surface area contributed by atoms with E-state index in [1.54, 1.807) is 6.92 Å². The van der Waals surface area contributed by atoms with Crippen molar-refractivity contribution in [3.05, 3.63) is 35.9 Å². The quantitative estimate of drug-likeness (QED) is 0.844. The molecule has 0 aliphatic carbocycles. The van der Waals surface area contributed by atoms with Crippen LogP contribution in [0.5, 0.6) is 0 Å². The molecule has 0 radical (unpaired) electrons. The van der Waals surface area contributed by atoms with Gasteiger partial charge in [-0.15, -0.1) is 0 Å². The molecule has 1 aromatic rings. The van der Waals surface area contributed by atoms with Crippen molar-refractivity contribution in [2.75, 3.05) is 13.2 Å². The van der Waals surface area contributed by atoms with Crippen molar-refractivity contribution in [2.45, 2.75) is 31.3 Å². The van der Waals surface area contributed by atoms with Crippen molar-refractivity contribution in [1.82, 2.24) is 10.2 Å². The Morgan fingerprint density at radius 2 is 2.18 bits per heavy atom. The average molecular weight is 306 g/mol. The number of nitrogens with one attached hydrogen (secondary N) is 1. The third kappa shape index (κ3) is 2.42. The van der Waals surface area contributed by atoms with Crippen LogP contribution in [0.3, 0.4) is 0 Å². The summed E-state index contributed by atoms with van der Waals surface area (Å²) in [6.07, 6.45) is -2.48. The van der Waals surface area contributed by atoms with Crippen LogP contribution in [0.15, 0.2) is 30.3 Å². The SMILES string of the molecule is CCOC(=O)N[C@@H]1[C@H]2CO[C@H](c3ccccc3)N2C(=O)[C@@H]1O. The molecule has 2 saturated heterocycles. The lowest BCUT2D eigenvalue weighted by molar-refractivity contribution is -0.141. The lowest BCUT2D eigenvalue weighted by atomic mass is 10.1. The van der Waals surface area contributed by atoms with Gasteiger partial charge in [0.15, 0.2) is 12.3 Å². The number of hydrogen-bond donors (Lipinski definition) is 2. The van der Waals surface area contributed by atoms with Crippen molar-refractivity contribution >= 4 is 12.0 Å². The van der Waals surface area contributed by atoms with Gasteiger partial charge in [0.1, 0.15) is 0 Å². The molecule has 0 saturated carbocycles. The normalized spacial score (nSPS) is 30.3. The Balaban J connectivity index is 1.80. The molecular formula is C15H18N2O5. The van der Waals surface area contributed by atoms with Gasteiger partial charge in [0.2, 0.25) is 0 Å². The topological polar surface area (TPSA) is 88.1 Å². The van der Waals surface area contributed by atoms with E-state index in [9.17, 15) is 14.7 Å². The molecule has 118 valence electrons. The number of fused-ring (bicyclic) bond motifs is 1. The summed E-state index contributed by atoms with van der Waals surface area (Å²) in [6, 6.07) is 8.17. The highest BCUT2D eigenvalue weighted by atomic mass is 16.5. The van der Waals surface area contributed by atoms with Crippen LogP contribution in [0.1, 0.15) is 18.7 Å². The zero-order chi connectivity index (χ0) is 15.7. The summed E-state index contributed by atoms with van der Waals surface area (Å²) in [5.41, 5.74) is 0.835. The number of hydrogen-bond acceptors (Lipinski definition) is 5. The highest BCUT2D eigenvalue weighted by molar-refractivity contribution is 5.86. The maximum Gasteiger partial charge on any atom is 0.407 e. The van der Waals surface area contributed by atoms with Crippen LogP contribution in [0.25, 0.3) is 0 Å². The molecule has 2 aliphatic rings. The first-order chi connectivity index (χ1) is 10.6. The monoisotopic (exact) mass is 306 g/mol. The van der Waals surface area contributed by atoms with Gasteiger partial charge in [-0.05, 0) is 6.92 Å². The molecule has 4 atom stereocenters. The number of benzene rings is 1. The van der Waals surface area contributed by atoms with Crippen LogP contribution < -0.4 is 5.32 Å². The van der Waals surface area contributed by atoms with E-state index in [1.807, 2.05) is 30.3 Å². The molecule has 22 heavy (non-hydrogen) atoms. The second-order valence-corrected chi connectivity index (χ2v) is 5.24.